The van der Waals surface area contributed by atoms with E-state index < -0.39 is 6.09 Å². The SMILES string of the molecule is CNC1CC2CCC[C@@H](C1)N2C(=O)O. The van der Waals surface area contributed by atoms with E-state index >= 15 is 0 Å². The average molecular weight is 198 g/mol. The summed E-state index contributed by atoms with van der Waals surface area (Å²) in [5.41, 5.74) is 0. The number of piperidine rings is 2. The minimum atomic E-state index is -0.728. The molecule has 2 aliphatic rings. The molecule has 2 bridgehead atoms. The van der Waals surface area contributed by atoms with E-state index in [1.807, 2.05) is 7.05 Å². The topological polar surface area (TPSA) is 52.6 Å². The van der Waals surface area contributed by atoms with Gasteiger partial charge in [0, 0.05) is 18.1 Å². The Balaban J connectivity index is 2.11. The molecule has 0 saturated carbocycles. The van der Waals surface area contributed by atoms with Crippen molar-refractivity contribution in [2.24, 2.45) is 0 Å². The molecule has 14 heavy (non-hydrogen) atoms. The fourth-order valence-corrected chi connectivity index (χ4v) is 2.93. The zero-order chi connectivity index (χ0) is 10.1. The number of carboxylic acid groups (broad SMARTS) is 1. The summed E-state index contributed by atoms with van der Waals surface area (Å²) in [6.45, 7) is 0. The van der Waals surface area contributed by atoms with Crippen LogP contribution in [0.1, 0.15) is 32.1 Å². The van der Waals surface area contributed by atoms with Gasteiger partial charge in [-0.3, -0.25) is 0 Å². The Bertz CT molecular complexity index is 218. The third-order valence-corrected chi connectivity index (χ3v) is 3.60. The summed E-state index contributed by atoms with van der Waals surface area (Å²) < 4.78 is 0. The van der Waals surface area contributed by atoms with Crippen molar-refractivity contribution in [2.45, 2.75) is 50.2 Å². The fraction of sp³-hybridized carbons (Fsp3) is 0.900. The number of nitrogens with one attached hydrogen (secondary N) is 1. The van der Waals surface area contributed by atoms with Crippen LogP contribution in [0.5, 0.6) is 0 Å². The summed E-state index contributed by atoms with van der Waals surface area (Å²) in [6.07, 6.45) is 4.52. The first-order chi connectivity index (χ1) is 6.72. The standard InChI is InChI=1S/C10H18N2O2/c1-11-7-5-8-3-2-4-9(6-7)12(8)10(13)14/h7-9,11H,2-6H2,1H3,(H,13,14)/t7?,8-,9?/m0/s1. The monoisotopic (exact) mass is 198 g/mol. The first kappa shape index (κ1) is 9.77. The molecule has 80 valence electrons. The molecule has 4 nitrogen and oxygen atoms in total. The molecule has 0 radical (unpaired) electrons. The van der Waals surface area contributed by atoms with Crippen molar-refractivity contribution in [2.75, 3.05) is 7.05 Å². The molecule has 2 rings (SSSR count). The summed E-state index contributed by atoms with van der Waals surface area (Å²) >= 11 is 0. The van der Waals surface area contributed by atoms with Gasteiger partial charge in [-0.15, -0.1) is 0 Å². The van der Waals surface area contributed by atoms with E-state index in [0.29, 0.717) is 6.04 Å². The molecule has 0 aromatic carbocycles. The van der Waals surface area contributed by atoms with Crippen molar-refractivity contribution >= 4 is 6.09 Å². The molecule has 3 atom stereocenters. The molecule has 0 aromatic rings. The molecule has 0 spiro atoms. The second-order valence-electron chi connectivity index (χ2n) is 4.39. The van der Waals surface area contributed by atoms with Crippen molar-refractivity contribution < 1.29 is 9.90 Å². The van der Waals surface area contributed by atoms with E-state index in [4.69, 9.17) is 5.11 Å². The largest absolute Gasteiger partial charge is 0.465 e. The van der Waals surface area contributed by atoms with Crippen LogP contribution in [0.25, 0.3) is 0 Å². The molecule has 2 N–H and O–H groups in total. The molecule has 2 heterocycles. The van der Waals surface area contributed by atoms with Crippen LogP contribution in [0.4, 0.5) is 4.79 Å². The van der Waals surface area contributed by atoms with Gasteiger partial charge >= 0.3 is 6.09 Å². The Hall–Kier alpha value is -0.770. The zero-order valence-electron chi connectivity index (χ0n) is 8.57. The number of hydrogen-bond donors (Lipinski definition) is 2. The Morgan fingerprint density at radius 3 is 2.36 bits per heavy atom. The molecule has 2 fully saturated rings. The van der Waals surface area contributed by atoms with Gasteiger partial charge in [0.05, 0.1) is 0 Å². The van der Waals surface area contributed by atoms with Crippen LogP contribution in [0.2, 0.25) is 0 Å². The highest BCUT2D eigenvalue weighted by Crippen LogP contribution is 2.33. The smallest absolute Gasteiger partial charge is 0.407 e. The lowest BCUT2D eigenvalue weighted by Crippen LogP contribution is -2.57. The van der Waals surface area contributed by atoms with Gasteiger partial charge in [0.1, 0.15) is 0 Å². The molecule has 2 aliphatic heterocycles. The number of amides is 1. The van der Waals surface area contributed by atoms with Crippen molar-refractivity contribution in [3.63, 3.8) is 0 Å². The Labute approximate surface area is 84.3 Å². The summed E-state index contributed by atoms with van der Waals surface area (Å²) in [4.78, 5) is 12.8. The quantitative estimate of drug-likeness (QED) is 0.667. The number of fused-ring (bicyclic) bond motifs is 2. The first-order valence-electron chi connectivity index (χ1n) is 5.41. The fourth-order valence-electron chi connectivity index (χ4n) is 2.93. The molecule has 1 amide bonds. The van der Waals surface area contributed by atoms with Crippen LogP contribution in [-0.2, 0) is 0 Å². The van der Waals surface area contributed by atoms with Crippen molar-refractivity contribution in [3.8, 4) is 0 Å². The van der Waals surface area contributed by atoms with E-state index in [1.54, 1.807) is 4.90 Å². The molecule has 0 aromatic heterocycles. The van der Waals surface area contributed by atoms with E-state index in [1.165, 1.54) is 6.42 Å². The Morgan fingerprint density at radius 1 is 1.36 bits per heavy atom. The van der Waals surface area contributed by atoms with Gasteiger partial charge in [0.2, 0.25) is 0 Å². The Kier molecular flexibility index (Phi) is 2.63. The van der Waals surface area contributed by atoms with Crippen molar-refractivity contribution in [1.29, 1.82) is 0 Å². The number of rotatable bonds is 1. The third-order valence-electron chi connectivity index (χ3n) is 3.60. The summed E-state index contributed by atoms with van der Waals surface area (Å²) in [6, 6.07) is 1.04. The molecular formula is C10H18N2O2. The van der Waals surface area contributed by atoms with E-state index in [-0.39, 0.29) is 12.1 Å². The van der Waals surface area contributed by atoms with Crippen LogP contribution in [0.15, 0.2) is 0 Å². The molecule has 4 heteroatoms. The minimum Gasteiger partial charge on any atom is -0.465 e. The average Bonchev–Trinajstić information content (AvgIpc) is 2.15. The summed E-state index contributed by atoms with van der Waals surface area (Å²) in [5.74, 6) is 0. The highest BCUT2D eigenvalue weighted by atomic mass is 16.4. The van der Waals surface area contributed by atoms with Crippen molar-refractivity contribution in [3.05, 3.63) is 0 Å². The van der Waals surface area contributed by atoms with Gasteiger partial charge in [0.15, 0.2) is 0 Å². The second-order valence-corrected chi connectivity index (χ2v) is 4.39. The Morgan fingerprint density at radius 2 is 1.93 bits per heavy atom. The van der Waals surface area contributed by atoms with E-state index in [9.17, 15) is 4.79 Å². The van der Waals surface area contributed by atoms with E-state index in [0.717, 1.165) is 25.7 Å². The van der Waals surface area contributed by atoms with Gasteiger partial charge in [0.25, 0.3) is 0 Å². The maximum atomic E-state index is 11.1. The van der Waals surface area contributed by atoms with Crippen molar-refractivity contribution in [1.82, 2.24) is 10.2 Å². The van der Waals surface area contributed by atoms with E-state index in [2.05, 4.69) is 5.32 Å². The van der Waals surface area contributed by atoms with Gasteiger partial charge in [-0.2, -0.15) is 0 Å². The minimum absolute atomic E-state index is 0.262. The van der Waals surface area contributed by atoms with Gasteiger partial charge in [-0.05, 0) is 39.2 Å². The first-order valence-corrected chi connectivity index (χ1v) is 5.41. The number of hydrogen-bond acceptors (Lipinski definition) is 2. The second kappa shape index (κ2) is 3.77. The normalized spacial score (nSPS) is 36.9. The lowest BCUT2D eigenvalue weighted by molar-refractivity contribution is 0.0316. The van der Waals surface area contributed by atoms with Crippen LogP contribution in [0.3, 0.4) is 0 Å². The lowest BCUT2D eigenvalue weighted by Gasteiger charge is -2.47. The van der Waals surface area contributed by atoms with Crippen LogP contribution in [-0.4, -0.2) is 41.3 Å². The third kappa shape index (κ3) is 1.59. The molecule has 0 aliphatic carbocycles. The van der Waals surface area contributed by atoms with Gasteiger partial charge in [-0.1, -0.05) is 0 Å². The summed E-state index contributed by atoms with van der Waals surface area (Å²) in [7, 11) is 1.97. The number of carbonyl (C=O) groups is 1. The van der Waals surface area contributed by atoms with Crippen LogP contribution < -0.4 is 5.32 Å². The lowest BCUT2D eigenvalue weighted by atomic mass is 9.82. The predicted molar refractivity (Wildman–Crippen MR) is 53.4 cm³/mol. The van der Waals surface area contributed by atoms with Crippen LogP contribution in [0, 0.1) is 0 Å². The van der Waals surface area contributed by atoms with Gasteiger partial charge < -0.3 is 15.3 Å². The highest BCUT2D eigenvalue weighted by Gasteiger charge is 2.40. The van der Waals surface area contributed by atoms with Crippen LogP contribution >= 0.6 is 0 Å². The summed E-state index contributed by atoms with van der Waals surface area (Å²) in [5, 5.41) is 12.4. The molecule has 2 saturated heterocycles. The maximum absolute atomic E-state index is 11.1. The predicted octanol–water partition coefficient (Wildman–Crippen LogP) is 1.27. The van der Waals surface area contributed by atoms with Gasteiger partial charge in [-0.25, -0.2) is 4.79 Å². The molecule has 2 unspecified atom stereocenters. The zero-order valence-corrected chi connectivity index (χ0v) is 8.57. The maximum Gasteiger partial charge on any atom is 0.407 e. The number of nitrogens with zero attached hydrogens (tertiary/aromatic N) is 1. The highest BCUT2D eigenvalue weighted by molar-refractivity contribution is 5.66. The molecular weight excluding hydrogens is 180 g/mol.